The highest BCUT2D eigenvalue weighted by Gasteiger charge is 2.15. The molecular formula is C14H11ClO3. The van der Waals surface area contributed by atoms with Crippen LogP contribution in [0.15, 0.2) is 42.5 Å². The largest absolute Gasteiger partial charge is 0.497 e. The van der Waals surface area contributed by atoms with Crippen LogP contribution >= 0.6 is 11.6 Å². The first-order valence-corrected chi connectivity index (χ1v) is 5.67. The lowest BCUT2D eigenvalue weighted by Crippen LogP contribution is -2.00. The molecule has 0 unspecified atom stereocenters. The summed E-state index contributed by atoms with van der Waals surface area (Å²) in [6.07, 6.45) is 0. The smallest absolute Gasteiger partial charge is 0.336 e. The van der Waals surface area contributed by atoms with E-state index in [1.807, 2.05) is 0 Å². The van der Waals surface area contributed by atoms with Crippen LogP contribution in [-0.4, -0.2) is 18.2 Å². The lowest BCUT2D eigenvalue weighted by Gasteiger charge is -2.09. The quantitative estimate of drug-likeness (QED) is 0.917. The lowest BCUT2D eigenvalue weighted by atomic mass is 9.99. The van der Waals surface area contributed by atoms with Gasteiger partial charge in [0.05, 0.1) is 12.7 Å². The summed E-state index contributed by atoms with van der Waals surface area (Å²) in [4.78, 5) is 11.2. The van der Waals surface area contributed by atoms with Gasteiger partial charge in [-0.25, -0.2) is 4.79 Å². The zero-order chi connectivity index (χ0) is 13.1. The van der Waals surface area contributed by atoms with Crippen molar-refractivity contribution in [3.05, 3.63) is 53.1 Å². The monoisotopic (exact) mass is 262 g/mol. The normalized spacial score (nSPS) is 10.1. The van der Waals surface area contributed by atoms with Gasteiger partial charge in [0.2, 0.25) is 0 Å². The van der Waals surface area contributed by atoms with E-state index in [0.717, 1.165) is 5.56 Å². The minimum absolute atomic E-state index is 0.177. The molecule has 2 aromatic rings. The summed E-state index contributed by atoms with van der Waals surface area (Å²) in [5.74, 6) is -0.348. The summed E-state index contributed by atoms with van der Waals surface area (Å²) in [7, 11) is 1.56. The van der Waals surface area contributed by atoms with Crippen molar-refractivity contribution < 1.29 is 14.6 Å². The summed E-state index contributed by atoms with van der Waals surface area (Å²) < 4.78 is 5.13. The van der Waals surface area contributed by atoms with E-state index in [9.17, 15) is 9.90 Å². The number of carbonyl (C=O) groups is 1. The number of aromatic carboxylic acids is 1. The molecule has 4 heteroatoms. The number of methoxy groups -OCH3 is 1. The molecule has 0 atom stereocenters. The third-order valence-corrected chi connectivity index (χ3v) is 2.92. The molecule has 92 valence electrons. The highest BCUT2D eigenvalue weighted by atomic mass is 35.5. The molecule has 0 heterocycles. The summed E-state index contributed by atoms with van der Waals surface area (Å²) in [6, 6.07) is 12.0. The summed E-state index contributed by atoms with van der Waals surface area (Å²) >= 11 is 6.10. The second kappa shape index (κ2) is 5.10. The highest BCUT2D eigenvalue weighted by molar-refractivity contribution is 6.34. The van der Waals surface area contributed by atoms with Crippen LogP contribution in [0.4, 0.5) is 0 Å². The molecule has 0 radical (unpaired) electrons. The van der Waals surface area contributed by atoms with Gasteiger partial charge in [0.25, 0.3) is 0 Å². The first-order valence-electron chi connectivity index (χ1n) is 5.29. The van der Waals surface area contributed by atoms with Gasteiger partial charge >= 0.3 is 5.97 Å². The minimum Gasteiger partial charge on any atom is -0.497 e. The van der Waals surface area contributed by atoms with Gasteiger partial charge in [0, 0.05) is 10.6 Å². The third kappa shape index (κ3) is 2.31. The Balaban J connectivity index is 2.65. The van der Waals surface area contributed by atoms with E-state index in [4.69, 9.17) is 16.3 Å². The maximum Gasteiger partial charge on any atom is 0.336 e. The van der Waals surface area contributed by atoms with Crippen LogP contribution in [-0.2, 0) is 0 Å². The Labute approximate surface area is 110 Å². The van der Waals surface area contributed by atoms with Crippen molar-refractivity contribution in [3.8, 4) is 16.9 Å². The fraction of sp³-hybridized carbons (Fsp3) is 0.0714. The Kier molecular flexibility index (Phi) is 3.53. The van der Waals surface area contributed by atoms with Crippen molar-refractivity contribution in [1.82, 2.24) is 0 Å². The molecule has 0 fully saturated rings. The second-order valence-corrected chi connectivity index (χ2v) is 4.11. The molecule has 0 saturated heterocycles. The fourth-order valence-corrected chi connectivity index (χ4v) is 2.06. The van der Waals surface area contributed by atoms with Crippen molar-refractivity contribution in [2.45, 2.75) is 0 Å². The Hall–Kier alpha value is -2.00. The SMILES string of the molecule is COc1cccc(-c2c(Cl)cccc2C(=O)O)c1. The van der Waals surface area contributed by atoms with Crippen LogP contribution in [0.2, 0.25) is 5.02 Å². The molecule has 0 saturated carbocycles. The zero-order valence-corrected chi connectivity index (χ0v) is 10.4. The molecule has 0 aliphatic rings. The average Bonchev–Trinajstić information content (AvgIpc) is 2.38. The summed E-state index contributed by atoms with van der Waals surface area (Å²) in [5.41, 5.74) is 1.40. The third-order valence-electron chi connectivity index (χ3n) is 2.60. The first-order chi connectivity index (χ1) is 8.63. The van der Waals surface area contributed by atoms with Gasteiger partial charge in [-0.3, -0.25) is 0 Å². The number of halogens is 1. The van der Waals surface area contributed by atoms with E-state index in [1.54, 1.807) is 43.5 Å². The van der Waals surface area contributed by atoms with Gasteiger partial charge in [-0.15, -0.1) is 0 Å². The maximum atomic E-state index is 11.2. The van der Waals surface area contributed by atoms with Crippen LogP contribution in [0.25, 0.3) is 11.1 Å². The van der Waals surface area contributed by atoms with Crippen molar-refractivity contribution in [2.75, 3.05) is 7.11 Å². The molecule has 0 aliphatic carbocycles. The van der Waals surface area contributed by atoms with E-state index in [2.05, 4.69) is 0 Å². The van der Waals surface area contributed by atoms with Gasteiger partial charge in [-0.2, -0.15) is 0 Å². The Morgan fingerprint density at radius 2 is 1.94 bits per heavy atom. The molecule has 18 heavy (non-hydrogen) atoms. The second-order valence-electron chi connectivity index (χ2n) is 3.70. The van der Waals surface area contributed by atoms with Crippen LogP contribution in [0.1, 0.15) is 10.4 Å². The first kappa shape index (κ1) is 12.5. The number of hydrogen-bond acceptors (Lipinski definition) is 2. The molecule has 2 rings (SSSR count). The number of benzene rings is 2. The molecule has 3 nitrogen and oxygen atoms in total. The van der Waals surface area contributed by atoms with Crippen molar-refractivity contribution in [2.24, 2.45) is 0 Å². The van der Waals surface area contributed by atoms with Gasteiger partial charge in [0.1, 0.15) is 5.75 Å². The van der Waals surface area contributed by atoms with Crippen molar-refractivity contribution in [1.29, 1.82) is 0 Å². The predicted octanol–water partition coefficient (Wildman–Crippen LogP) is 3.71. The van der Waals surface area contributed by atoms with Crippen LogP contribution in [0, 0.1) is 0 Å². The topological polar surface area (TPSA) is 46.5 Å². The predicted molar refractivity (Wildman–Crippen MR) is 70.4 cm³/mol. The van der Waals surface area contributed by atoms with Crippen LogP contribution < -0.4 is 4.74 Å². The molecule has 0 amide bonds. The molecule has 1 N–H and O–H groups in total. The minimum atomic E-state index is -1.00. The molecular weight excluding hydrogens is 252 g/mol. The van der Waals surface area contributed by atoms with E-state index in [0.29, 0.717) is 16.3 Å². The van der Waals surface area contributed by atoms with E-state index in [-0.39, 0.29) is 5.56 Å². The molecule has 0 aliphatic heterocycles. The number of hydrogen-bond donors (Lipinski definition) is 1. The van der Waals surface area contributed by atoms with Gasteiger partial charge < -0.3 is 9.84 Å². The molecule has 0 spiro atoms. The van der Waals surface area contributed by atoms with Gasteiger partial charge in [0.15, 0.2) is 0 Å². The van der Waals surface area contributed by atoms with E-state index < -0.39 is 5.97 Å². The highest BCUT2D eigenvalue weighted by Crippen LogP contribution is 2.33. The maximum absolute atomic E-state index is 11.2. The Morgan fingerprint density at radius 1 is 1.22 bits per heavy atom. The lowest BCUT2D eigenvalue weighted by molar-refractivity contribution is 0.0697. The number of ether oxygens (including phenoxy) is 1. The number of carboxylic acids is 1. The van der Waals surface area contributed by atoms with E-state index in [1.165, 1.54) is 6.07 Å². The van der Waals surface area contributed by atoms with Gasteiger partial charge in [-0.05, 0) is 29.8 Å². The molecule has 0 aromatic heterocycles. The molecule has 0 bridgehead atoms. The Morgan fingerprint density at radius 3 is 2.61 bits per heavy atom. The van der Waals surface area contributed by atoms with Crippen molar-refractivity contribution >= 4 is 17.6 Å². The standard InChI is InChI=1S/C14H11ClO3/c1-18-10-5-2-4-9(8-10)13-11(14(16)17)6-3-7-12(13)15/h2-8H,1H3,(H,16,17). The van der Waals surface area contributed by atoms with Gasteiger partial charge in [-0.1, -0.05) is 29.8 Å². The van der Waals surface area contributed by atoms with Crippen LogP contribution in [0.3, 0.4) is 0 Å². The average molecular weight is 263 g/mol. The van der Waals surface area contributed by atoms with Crippen LogP contribution in [0.5, 0.6) is 5.75 Å². The summed E-state index contributed by atoms with van der Waals surface area (Å²) in [5, 5.41) is 9.59. The zero-order valence-electron chi connectivity index (χ0n) is 9.68. The fourth-order valence-electron chi connectivity index (χ4n) is 1.77. The number of carboxylic acid groups (broad SMARTS) is 1. The van der Waals surface area contributed by atoms with Crippen molar-refractivity contribution in [3.63, 3.8) is 0 Å². The summed E-state index contributed by atoms with van der Waals surface area (Å²) in [6.45, 7) is 0. The molecule has 2 aromatic carbocycles. The van der Waals surface area contributed by atoms with E-state index >= 15 is 0 Å². The number of rotatable bonds is 3. The Bertz CT molecular complexity index is 593.